The third-order valence-corrected chi connectivity index (χ3v) is 4.20. The number of carbonyl (C=O) groups excluding carboxylic acids is 1. The van der Waals surface area contributed by atoms with E-state index in [1.54, 1.807) is 0 Å². The third kappa shape index (κ3) is 4.73. The summed E-state index contributed by atoms with van der Waals surface area (Å²) in [7, 11) is 0. The summed E-state index contributed by atoms with van der Waals surface area (Å²) in [6.45, 7) is 5.25. The van der Waals surface area contributed by atoms with Gasteiger partial charge in [0.25, 0.3) is 5.91 Å². The van der Waals surface area contributed by atoms with Crippen molar-refractivity contribution >= 4 is 17.3 Å². The van der Waals surface area contributed by atoms with Gasteiger partial charge >= 0.3 is 0 Å². The molecule has 0 aromatic heterocycles. The molecule has 0 spiro atoms. The second-order valence-corrected chi connectivity index (χ2v) is 5.96. The van der Waals surface area contributed by atoms with Crippen molar-refractivity contribution in [3.8, 4) is 5.75 Å². The summed E-state index contributed by atoms with van der Waals surface area (Å²) in [6, 6.07) is 17.3. The van der Waals surface area contributed by atoms with Crippen molar-refractivity contribution in [1.82, 2.24) is 0 Å². The molecule has 25 heavy (non-hydrogen) atoms. The summed E-state index contributed by atoms with van der Waals surface area (Å²) in [4.78, 5) is 14.8. The molecule has 0 saturated carbocycles. The SMILES string of the molecule is CCC(Oc1ccccc1)C(=O)Nc1ccc(N2CCOCC2)cc1. The zero-order valence-electron chi connectivity index (χ0n) is 14.5. The first kappa shape index (κ1) is 17.3. The minimum Gasteiger partial charge on any atom is -0.481 e. The van der Waals surface area contributed by atoms with Crippen LogP contribution >= 0.6 is 0 Å². The number of para-hydroxylation sites is 1. The van der Waals surface area contributed by atoms with Crippen LogP contribution in [0.15, 0.2) is 54.6 Å². The Kier molecular flexibility index (Phi) is 5.90. The number of anilines is 2. The summed E-state index contributed by atoms with van der Waals surface area (Å²) < 4.78 is 11.2. The Morgan fingerprint density at radius 1 is 1.12 bits per heavy atom. The van der Waals surface area contributed by atoms with Crippen molar-refractivity contribution in [2.45, 2.75) is 19.4 Å². The molecule has 1 atom stereocenters. The number of hydrogen-bond acceptors (Lipinski definition) is 4. The quantitative estimate of drug-likeness (QED) is 0.876. The summed E-state index contributed by atoms with van der Waals surface area (Å²) in [6.07, 6.45) is 0.0911. The fourth-order valence-corrected chi connectivity index (χ4v) is 2.79. The average molecular weight is 340 g/mol. The first-order valence-corrected chi connectivity index (χ1v) is 8.71. The molecule has 1 heterocycles. The van der Waals surface area contributed by atoms with E-state index in [4.69, 9.17) is 9.47 Å². The topological polar surface area (TPSA) is 50.8 Å². The molecule has 0 radical (unpaired) electrons. The number of nitrogens with one attached hydrogen (secondary N) is 1. The molecule has 1 saturated heterocycles. The van der Waals surface area contributed by atoms with Crippen molar-refractivity contribution < 1.29 is 14.3 Å². The minimum atomic E-state index is -0.513. The molecule has 1 aliphatic rings. The van der Waals surface area contributed by atoms with Crippen molar-refractivity contribution in [2.24, 2.45) is 0 Å². The molecule has 0 bridgehead atoms. The zero-order chi connectivity index (χ0) is 17.5. The molecule has 132 valence electrons. The predicted octanol–water partition coefficient (Wildman–Crippen LogP) is 3.32. The van der Waals surface area contributed by atoms with Crippen LogP contribution < -0.4 is 15.0 Å². The van der Waals surface area contributed by atoms with Gasteiger partial charge in [0, 0.05) is 24.5 Å². The van der Waals surface area contributed by atoms with Crippen LogP contribution in [0, 0.1) is 0 Å². The Morgan fingerprint density at radius 3 is 2.44 bits per heavy atom. The summed E-state index contributed by atoms with van der Waals surface area (Å²) in [5.74, 6) is 0.567. The summed E-state index contributed by atoms with van der Waals surface area (Å²) in [5.41, 5.74) is 1.92. The highest BCUT2D eigenvalue weighted by Gasteiger charge is 2.18. The zero-order valence-corrected chi connectivity index (χ0v) is 14.5. The number of rotatable bonds is 6. The van der Waals surface area contributed by atoms with Gasteiger partial charge in [-0.1, -0.05) is 25.1 Å². The van der Waals surface area contributed by atoms with Gasteiger partial charge in [-0.05, 0) is 42.8 Å². The number of carbonyl (C=O) groups is 1. The maximum atomic E-state index is 12.5. The van der Waals surface area contributed by atoms with E-state index >= 15 is 0 Å². The van der Waals surface area contributed by atoms with Crippen molar-refractivity contribution in [3.05, 3.63) is 54.6 Å². The molecule has 2 aromatic rings. The van der Waals surface area contributed by atoms with E-state index < -0.39 is 6.10 Å². The van der Waals surface area contributed by atoms with Crippen LogP contribution in [-0.4, -0.2) is 38.3 Å². The highest BCUT2D eigenvalue weighted by atomic mass is 16.5. The van der Waals surface area contributed by atoms with Crippen LogP contribution in [0.3, 0.4) is 0 Å². The second kappa shape index (κ2) is 8.53. The first-order valence-electron chi connectivity index (χ1n) is 8.71. The number of hydrogen-bond donors (Lipinski definition) is 1. The fraction of sp³-hybridized carbons (Fsp3) is 0.350. The van der Waals surface area contributed by atoms with Gasteiger partial charge < -0.3 is 19.7 Å². The second-order valence-electron chi connectivity index (χ2n) is 5.96. The predicted molar refractivity (Wildman–Crippen MR) is 99.3 cm³/mol. The smallest absolute Gasteiger partial charge is 0.265 e. The largest absolute Gasteiger partial charge is 0.481 e. The van der Waals surface area contributed by atoms with Crippen LogP contribution in [0.25, 0.3) is 0 Å². The van der Waals surface area contributed by atoms with Crippen LogP contribution in [0.2, 0.25) is 0 Å². The highest BCUT2D eigenvalue weighted by molar-refractivity contribution is 5.94. The van der Waals surface area contributed by atoms with Gasteiger partial charge in [0.1, 0.15) is 5.75 Å². The average Bonchev–Trinajstić information content (AvgIpc) is 2.68. The van der Waals surface area contributed by atoms with E-state index in [0.717, 1.165) is 37.7 Å². The lowest BCUT2D eigenvalue weighted by atomic mass is 10.2. The molecular formula is C20H24N2O3. The van der Waals surface area contributed by atoms with E-state index in [1.165, 1.54) is 0 Å². The lowest BCUT2D eigenvalue weighted by molar-refractivity contribution is -0.122. The minimum absolute atomic E-state index is 0.134. The molecular weight excluding hydrogens is 316 g/mol. The Morgan fingerprint density at radius 2 is 1.80 bits per heavy atom. The van der Waals surface area contributed by atoms with E-state index in [2.05, 4.69) is 10.2 Å². The number of ether oxygens (including phenoxy) is 2. The molecule has 1 amide bonds. The van der Waals surface area contributed by atoms with Gasteiger partial charge in [0.05, 0.1) is 13.2 Å². The van der Waals surface area contributed by atoms with Crippen LogP contribution in [0.4, 0.5) is 11.4 Å². The van der Waals surface area contributed by atoms with Crippen molar-refractivity contribution in [2.75, 3.05) is 36.5 Å². The van der Waals surface area contributed by atoms with Gasteiger partial charge in [-0.15, -0.1) is 0 Å². The maximum Gasteiger partial charge on any atom is 0.265 e. The molecule has 1 fully saturated rings. The van der Waals surface area contributed by atoms with Crippen LogP contribution in [0.5, 0.6) is 5.75 Å². The molecule has 1 unspecified atom stereocenters. The van der Waals surface area contributed by atoms with E-state index in [1.807, 2.05) is 61.5 Å². The van der Waals surface area contributed by atoms with Gasteiger partial charge in [0.2, 0.25) is 0 Å². The monoisotopic (exact) mass is 340 g/mol. The first-order chi connectivity index (χ1) is 12.3. The van der Waals surface area contributed by atoms with Crippen LogP contribution in [0.1, 0.15) is 13.3 Å². The fourth-order valence-electron chi connectivity index (χ4n) is 2.79. The lowest BCUT2D eigenvalue weighted by Gasteiger charge is -2.29. The van der Waals surface area contributed by atoms with E-state index in [9.17, 15) is 4.79 Å². The van der Waals surface area contributed by atoms with Gasteiger partial charge in [-0.25, -0.2) is 0 Å². The van der Waals surface area contributed by atoms with Gasteiger partial charge in [-0.2, -0.15) is 0 Å². The lowest BCUT2D eigenvalue weighted by Crippen LogP contribution is -2.36. The number of nitrogens with zero attached hydrogens (tertiary/aromatic N) is 1. The van der Waals surface area contributed by atoms with E-state index in [0.29, 0.717) is 12.2 Å². The van der Waals surface area contributed by atoms with Crippen molar-refractivity contribution in [3.63, 3.8) is 0 Å². The van der Waals surface area contributed by atoms with Crippen LogP contribution in [-0.2, 0) is 9.53 Å². The number of amides is 1. The molecule has 3 rings (SSSR count). The number of benzene rings is 2. The molecule has 2 aromatic carbocycles. The van der Waals surface area contributed by atoms with E-state index in [-0.39, 0.29) is 5.91 Å². The Bertz CT molecular complexity index is 667. The van der Waals surface area contributed by atoms with Crippen molar-refractivity contribution in [1.29, 1.82) is 0 Å². The Labute approximate surface area is 148 Å². The highest BCUT2D eigenvalue weighted by Crippen LogP contribution is 2.20. The standard InChI is InChI=1S/C20H24N2O3/c1-2-19(25-18-6-4-3-5-7-18)20(23)21-16-8-10-17(11-9-16)22-12-14-24-15-13-22/h3-11,19H,2,12-15H2,1H3,(H,21,23). The summed E-state index contributed by atoms with van der Waals surface area (Å²) in [5, 5.41) is 2.94. The maximum absolute atomic E-state index is 12.5. The summed E-state index contributed by atoms with van der Waals surface area (Å²) >= 11 is 0. The Balaban J connectivity index is 1.59. The normalized spacial score (nSPS) is 15.5. The van der Waals surface area contributed by atoms with Gasteiger partial charge in [-0.3, -0.25) is 4.79 Å². The third-order valence-electron chi connectivity index (χ3n) is 4.20. The molecule has 5 heteroatoms. The molecule has 1 N–H and O–H groups in total. The molecule has 1 aliphatic heterocycles. The molecule has 5 nitrogen and oxygen atoms in total. The number of morpholine rings is 1. The molecule has 0 aliphatic carbocycles. The van der Waals surface area contributed by atoms with Gasteiger partial charge in [0.15, 0.2) is 6.10 Å². The Hall–Kier alpha value is -2.53.